The van der Waals surface area contributed by atoms with Crippen LogP contribution in [0.15, 0.2) is 163 Å². The van der Waals surface area contributed by atoms with Crippen molar-refractivity contribution < 1.29 is 33.8 Å². The lowest BCUT2D eigenvalue weighted by Crippen LogP contribution is -2.54. The van der Waals surface area contributed by atoms with Gasteiger partial charge in [-0.05, 0) is 181 Å². The summed E-state index contributed by atoms with van der Waals surface area (Å²) in [6.07, 6.45) is 9.41. The smallest absolute Gasteiger partial charge is 0.408 e. The van der Waals surface area contributed by atoms with Gasteiger partial charge in [0.2, 0.25) is 0 Å². The average molecular weight is 1430 g/mol. The molecule has 0 aliphatic carbocycles. The number of ether oxygens (including phenoxy) is 2. The zero-order valence-electron chi connectivity index (χ0n) is 57.2. The Morgan fingerprint density at radius 2 is 1.02 bits per heavy atom. The number of carbonyl (C=O) groups excluding carboxylic acids is 4. The van der Waals surface area contributed by atoms with Gasteiger partial charge in [-0.1, -0.05) is 83.3 Å². The summed E-state index contributed by atoms with van der Waals surface area (Å²) >= 11 is 9.81. The molecule has 0 spiro atoms. The number of benzene rings is 4. The fourth-order valence-electron chi connectivity index (χ4n) is 10.4. The van der Waals surface area contributed by atoms with E-state index >= 15 is 0 Å². The highest BCUT2D eigenvalue weighted by atomic mass is 35.5. The van der Waals surface area contributed by atoms with Gasteiger partial charge in [-0.15, -0.1) is 0 Å². The van der Waals surface area contributed by atoms with Crippen molar-refractivity contribution in [2.24, 2.45) is 5.73 Å². The third-order valence-corrected chi connectivity index (χ3v) is 18.9. The minimum atomic E-state index is -0.674. The standard InChI is InChI=1S/C27H29N7O3S.C21H30N6O2S.C11H22N2O2.C10H9ClN4S/c1-27(29)10-12-33(13-11-27)21-15-30-25(23(28)32-21)38-19-9-5-6-17(14-19)31-24(36)22-20(35)16-34(26(22)37)18-7-3-2-4-8-18;1-20(2,3)29-19(28)26-21(4)8-10-27(11-9-21)16-13-24-18(17(23)25-16)30-15-7-5-6-14(22)12-15;1-10(2,3)15-9(14)13-11(4)5-7-12-8-6-11;11-8-5-14-10(9(13)15-8)16-7-3-1-2-6(12)4-7/h2-9,14-15,35H,10-13,16,29H2,1H3,(H2,28,32)(H,31,36);5-7,12-13H,8-11,22H2,1-4H3,(H2,23,25)(H,26,28);12H,5-8H2,1-4H3,(H,13,14);1-5H,12H2,(H2,13,15). The molecule has 4 amide bonds. The maximum Gasteiger partial charge on any atom is 0.408 e. The molecular weight excluding hydrogens is 1340 g/mol. The van der Waals surface area contributed by atoms with Crippen LogP contribution in [0.25, 0.3) is 0 Å². The number of nitrogens with zero attached hydrogens (tertiary/aromatic N) is 9. The van der Waals surface area contributed by atoms with Crippen LogP contribution >= 0.6 is 46.9 Å². The van der Waals surface area contributed by atoms with Crippen LogP contribution in [0.4, 0.5) is 61.4 Å². The van der Waals surface area contributed by atoms with E-state index in [0.717, 1.165) is 104 Å². The topological polar surface area (TPSA) is 398 Å². The van der Waals surface area contributed by atoms with Crippen LogP contribution in [-0.2, 0) is 19.1 Å². The van der Waals surface area contributed by atoms with Gasteiger partial charge in [0.25, 0.3) is 11.8 Å². The summed E-state index contributed by atoms with van der Waals surface area (Å²) in [4.78, 5) is 84.0. The van der Waals surface area contributed by atoms with Crippen LogP contribution in [-0.4, -0.2) is 133 Å². The fourth-order valence-corrected chi connectivity index (χ4v) is 13.0. The summed E-state index contributed by atoms with van der Waals surface area (Å²) in [5, 5.41) is 24.4. The van der Waals surface area contributed by atoms with E-state index in [1.54, 1.807) is 54.9 Å². The number of carbonyl (C=O) groups is 4. The van der Waals surface area contributed by atoms with Crippen molar-refractivity contribution in [1.82, 2.24) is 45.9 Å². The average Bonchev–Trinajstić information content (AvgIpc) is 1.71. The number of aliphatic hydroxyl groups excluding tert-OH is 1. The molecule has 3 fully saturated rings. The van der Waals surface area contributed by atoms with Gasteiger partial charge in [-0.25, -0.2) is 39.5 Å². The van der Waals surface area contributed by atoms with Crippen molar-refractivity contribution in [3.05, 3.63) is 138 Å². The SMILES string of the molecule is CC1(N)CCN(c2cnc(Sc3cccc(NC(=O)C4=C(O)CN(c5ccccc5)C4=O)c3)c(N)n2)CC1.CC1(NC(=O)OC(C)(C)C)CCN(c2cnc(Sc3cccc(N)c3)c(N)n2)CC1.CC1(NC(=O)OC(C)(C)C)CCNCC1.Nc1cccc(Sc2ncc(Cl)nc2N)c1. The van der Waals surface area contributed by atoms with E-state index in [9.17, 15) is 24.3 Å². The summed E-state index contributed by atoms with van der Waals surface area (Å²) in [6, 6.07) is 31.0. The molecule has 0 unspecified atom stereocenters. The Balaban J connectivity index is 0.000000181. The summed E-state index contributed by atoms with van der Waals surface area (Å²) < 4.78 is 10.6. The van der Waals surface area contributed by atoms with Crippen LogP contribution < -0.4 is 70.4 Å². The van der Waals surface area contributed by atoms with E-state index in [2.05, 4.69) is 74.8 Å². The number of amides is 4. The Bertz CT molecular complexity index is 3990. The monoisotopic (exact) mass is 1430 g/mol. The Morgan fingerprint density at radius 3 is 1.47 bits per heavy atom. The second kappa shape index (κ2) is 33.2. The molecule has 528 valence electrons. The first-order chi connectivity index (χ1) is 46.7. The van der Waals surface area contributed by atoms with Gasteiger partial charge in [-0.2, -0.15) is 0 Å². The predicted molar refractivity (Wildman–Crippen MR) is 395 cm³/mol. The van der Waals surface area contributed by atoms with Crippen LogP contribution in [0.3, 0.4) is 0 Å². The number of nitrogens with two attached hydrogens (primary N) is 6. The third-order valence-electron chi connectivity index (χ3n) is 15.8. The highest BCUT2D eigenvalue weighted by Crippen LogP contribution is 2.36. The van der Waals surface area contributed by atoms with Crippen LogP contribution in [0.1, 0.15) is 101 Å². The van der Waals surface area contributed by atoms with Gasteiger partial charge in [0.05, 0.1) is 25.1 Å². The zero-order chi connectivity index (χ0) is 71.9. The molecule has 26 nitrogen and oxygen atoms in total. The van der Waals surface area contributed by atoms with Gasteiger partial charge in [0, 0.05) is 80.2 Å². The second-order valence-electron chi connectivity index (χ2n) is 27.0. The molecule has 3 saturated heterocycles. The number of nitrogen functional groups attached to an aromatic ring is 5. The van der Waals surface area contributed by atoms with Crippen molar-refractivity contribution >= 4 is 123 Å². The molecule has 0 atom stereocenters. The van der Waals surface area contributed by atoms with E-state index in [1.165, 1.54) is 46.4 Å². The van der Waals surface area contributed by atoms with Crippen molar-refractivity contribution in [2.45, 2.75) is 158 Å². The number of anilines is 9. The third kappa shape index (κ3) is 23.3. The normalized spacial score (nSPS) is 16.3. The summed E-state index contributed by atoms with van der Waals surface area (Å²) in [6.45, 7) is 22.3. The number of hydrogen-bond donors (Lipinski definition) is 11. The molecule has 0 saturated carbocycles. The summed E-state index contributed by atoms with van der Waals surface area (Å²) in [7, 11) is 0. The second-order valence-corrected chi connectivity index (χ2v) is 30.5. The molecule has 4 aromatic carbocycles. The number of aromatic nitrogens is 6. The largest absolute Gasteiger partial charge is 0.509 e. The van der Waals surface area contributed by atoms with E-state index in [1.807, 2.05) is 109 Å². The lowest BCUT2D eigenvalue weighted by molar-refractivity contribution is -0.119. The molecule has 0 bridgehead atoms. The number of rotatable bonds is 13. The maximum absolute atomic E-state index is 12.9. The first kappa shape index (κ1) is 75.8. The Labute approximate surface area is 595 Å². The van der Waals surface area contributed by atoms with E-state index < -0.39 is 23.0 Å². The molecule has 30 heteroatoms. The lowest BCUT2D eigenvalue weighted by Gasteiger charge is -2.40. The van der Waals surface area contributed by atoms with Crippen molar-refractivity contribution in [2.75, 3.05) is 94.5 Å². The minimum absolute atomic E-state index is 0.0571. The first-order valence-corrected chi connectivity index (χ1v) is 35.0. The molecule has 11 rings (SSSR count). The van der Waals surface area contributed by atoms with Crippen LogP contribution in [0.2, 0.25) is 5.15 Å². The number of halogens is 1. The van der Waals surface area contributed by atoms with Crippen LogP contribution in [0, 0.1) is 0 Å². The number of alkyl carbamates (subject to hydrolysis) is 2. The molecule has 7 aromatic rings. The molecular formula is C69H90ClN19O7S3. The maximum atomic E-state index is 12.9. The number of para-hydroxylation sites is 1. The van der Waals surface area contributed by atoms with Gasteiger partial charge in [0.1, 0.15) is 54.4 Å². The lowest BCUT2D eigenvalue weighted by atomic mass is 9.90. The molecule has 4 aliphatic heterocycles. The minimum Gasteiger partial charge on any atom is -0.509 e. The number of nitrogens with one attached hydrogen (secondary N) is 4. The van der Waals surface area contributed by atoms with Gasteiger partial charge in [-0.3, -0.25) is 9.59 Å². The molecule has 4 aliphatic rings. The molecule has 17 N–H and O–H groups in total. The van der Waals surface area contributed by atoms with E-state index in [4.69, 9.17) is 55.5 Å². The number of hydrogen-bond acceptors (Lipinski definition) is 25. The van der Waals surface area contributed by atoms with Crippen molar-refractivity contribution in [1.29, 1.82) is 0 Å². The van der Waals surface area contributed by atoms with E-state index in [0.29, 0.717) is 55.3 Å². The summed E-state index contributed by atoms with van der Waals surface area (Å²) in [5.41, 5.74) is 36.5. The zero-order valence-corrected chi connectivity index (χ0v) is 60.4. The highest BCUT2D eigenvalue weighted by molar-refractivity contribution is 8.00. The van der Waals surface area contributed by atoms with Gasteiger partial charge >= 0.3 is 12.2 Å². The predicted octanol–water partition coefficient (Wildman–Crippen LogP) is 11.1. The van der Waals surface area contributed by atoms with Gasteiger partial charge < -0.3 is 84.9 Å². The highest BCUT2D eigenvalue weighted by Gasteiger charge is 2.37. The number of aliphatic hydroxyl groups is 1. The molecule has 0 radical (unpaired) electrons. The van der Waals surface area contributed by atoms with E-state index in [-0.39, 0.29) is 51.8 Å². The Hall–Kier alpha value is -9.00. The number of piperidine rings is 3. The molecule has 3 aromatic heterocycles. The van der Waals surface area contributed by atoms with Crippen molar-refractivity contribution in [3.8, 4) is 0 Å². The quantitative estimate of drug-likeness (QED) is 0.0377. The molecule has 7 heterocycles. The first-order valence-electron chi connectivity index (χ1n) is 32.2. The van der Waals surface area contributed by atoms with Gasteiger partial charge in [0.15, 0.2) is 17.5 Å². The Morgan fingerprint density at radius 1 is 0.586 bits per heavy atom. The van der Waals surface area contributed by atoms with Crippen LogP contribution in [0.5, 0.6) is 0 Å². The van der Waals surface area contributed by atoms with Crippen molar-refractivity contribution in [3.63, 3.8) is 0 Å². The summed E-state index contributed by atoms with van der Waals surface area (Å²) in [5.74, 6) is 0.994. The molecule has 99 heavy (non-hydrogen) atoms. The Kier molecular flexibility index (Phi) is 25.4. The fraction of sp³-hybridized carbons (Fsp3) is 0.391.